The molecular weight excluding hydrogens is 268 g/mol. The quantitative estimate of drug-likeness (QED) is 0.769. The van der Waals surface area contributed by atoms with Crippen LogP contribution >= 0.6 is 0 Å². The van der Waals surface area contributed by atoms with Crippen molar-refractivity contribution in [3.8, 4) is 11.5 Å². The van der Waals surface area contributed by atoms with Gasteiger partial charge in [0.1, 0.15) is 18.1 Å². The second-order valence-corrected chi connectivity index (χ2v) is 5.07. The van der Waals surface area contributed by atoms with Crippen molar-refractivity contribution in [2.75, 3.05) is 26.3 Å². The van der Waals surface area contributed by atoms with Crippen LogP contribution in [0.4, 0.5) is 0 Å². The Morgan fingerprint density at radius 1 is 1.43 bits per heavy atom. The number of hydrogen-bond donors (Lipinski definition) is 2. The maximum absolute atomic E-state index is 11.3. The van der Waals surface area contributed by atoms with E-state index in [0.29, 0.717) is 26.2 Å². The van der Waals surface area contributed by atoms with Gasteiger partial charge in [0.05, 0.1) is 19.1 Å². The molecule has 1 aromatic rings. The SMILES string of the molecule is CCCNC1COc2cc(OCCC(=O)NCC)ccc21. The molecule has 1 amide bonds. The highest BCUT2D eigenvalue weighted by Crippen LogP contribution is 2.35. The van der Waals surface area contributed by atoms with Crippen molar-refractivity contribution >= 4 is 5.91 Å². The van der Waals surface area contributed by atoms with Gasteiger partial charge < -0.3 is 20.1 Å². The zero-order chi connectivity index (χ0) is 15.1. The van der Waals surface area contributed by atoms with Crippen molar-refractivity contribution in [1.29, 1.82) is 0 Å². The van der Waals surface area contributed by atoms with Crippen LogP contribution < -0.4 is 20.1 Å². The van der Waals surface area contributed by atoms with Gasteiger partial charge >= 0.3 is 0 Å². The van der Waals surface area contributed by atoms with Crippen LogP contribution in [0.15, 0.2) is 18.2 Å². The first-order valence-corrected chi connectivity index (χ1v) is 7.64. The first kappa shape index (κ1) is 15.6. The number of ether oxygens (including phenoxy) is 2. The molecular formula is C16H24N2O3. The first-order valence-electron chi connectivity index (χ1n) is 7.64. The van der Waals surface area contributed by atoms with Crippen LogP contribution in [0.3, 0.4) is 0 Å². The molecule has 0 spiro atoms. The molecule has 2 N–H and O–H groups in total. The van der Waals surface area contributed by atoms with Crippen molar-refractivity contribution in [2.24, 2.45) is 0 Å². The molecule has 5 heteroatoms. The predicted molar refractivity (Wildman–Crippen MR) is 81.8 cm³/mol. The van der Waals surface area contributed by atoms with Crippen molar-refractivity contribution < 1.29 is 14.3 Å². The molecule has 1 unspecified atom stereocenters. The second-order valence-electron chi connectivity index (χ2n) is 5.07. The Balaban J connectivity index is 1.86. The molecule has 1 atom stereocenters. The van der Waals surface area contributed by atoms with Gasteiger partial charge in [-0.3, -0.25) is 4.79 Å². The molecule has 0 radical (unpaired) electrons. The van der Waals surface area contributed by atoms with Gasteiger partial charge in [-0.05, 0) is 32.0 Å². The predicted octanol–water partition coefficient (Wildman–Crippen LogP) is 2.02. The lowest BCUT2D eigenvalue weighted by molar-refractivity contribution is -0.121. The number of carbonyl (C=O) groups is 1. The van der Waals surface area contributed by atoms with E-state index >= 15 is 0 Å². The maximum atomic E-state index is 11.3. The Bertz CT molecular complexity index is 477. The highest BCUT2D eigenvalue weighted by Gasteiger charge is 2.23. The van der Waals surface area contributed by atoms with Crippen LogP contribution in [-0.2, 0) is 4.79 Å². The summed E-state index contributed by atoms with van der Waals surface area (Å²) in [5, 5.41) is 6.21. The summed E-state index contributed by atoms with van der Waals surface area (Å²) in [5.41, 5.74) is 1.18. The largest absolute Gasteiger partial charge is 0.493 e. The van der Waals surface area contributed by atoms with Crippen LogP contribution in [-0.4, -0.2) is 32.2 Å². The van der Waals surface area contributed by atoms with Crippen molar-refractivity contribution in [2.45, 2.75) is 32.7 Å². The van der Waals surface area contributed by atoms with Gasteiger partial charge in [-0.15, -0.1) is 0 Å². The molecule has 1 aliphatic rings. The minimum Gasteiger partial charge on any atom is -0.493 e. The topological polar surface area (TPSA) is 59.6 Å². The lowest BCUT2D eigenvalue weighted by atomic mass is 10.1. The van der Waals surface area contributed by atoms with Crippen LogP contribution in [0, 0.1) is 0 Å². The van der Waals surface area contributed by atoms with Gasteiger partial charge in [-0.25, -0.2) is 0 Å². The average molecular weight is 292 g/mol. The maximum Gasteiger partial charge on any atom is 0.223 e. The van der Waals surface area contributed by atoms with Crippen LogP contribution in [0.5, 0.6) is 11.5 Å². The summed E-state index contributed by atoms with van der Waals surface area (Å²) >= 11 is 0. The molecule has 1 aliphatic heterocycles. The van der Waals surface area contributed by atoms with Crippen LogP contribution in [0.1, 0.15) is 38.3 Å². The fraction of sp³-hybridized carbons (Fsp3) is 0.562. The Kier molecular flexibility index (Phi) is 5.87. The summed E-state index contributed by atoms with van der Waals surface area (Å²) in [4.78, 5) is 11.3. The number of amides is 1. The molecule has 2 rings (SSSR count). The summed E-state index contributed by atoms with van der Waals surface area (Å²) in [5.74, 6) is 1.63. The summed E-state index contributed by atoms with van der Waals surface area (Å²) < 4.78 is 11.3. The third kappa shape index (κ3) is 4.36. The highest BCUT2D eigenvalue weighted by atomic mass is 16.5. The normalized spacial score (nSPS) is 16.2. The second kappa shape index (κ2) is 7.88. The van der Waals surface area contributed by atoms with Crippen LogP contribution in [0.2, 0.25) is 0 Å². The van der Waals surface area contributed by atoms with E-state index < -0.39 is 0 Å². The van der Waals surface area contributed by atoms with Gasteiger partial charge in [0.2, 0.25) is 5.91 Å². The number of rotatable bonds is 8. The third-order valence-electron chi connectivity index (χ3n) is 3.38. The fourth-order valence-electron chi connectivity index (χ4n) is 2.31. The number of fused-ring (bicyclic) bond motifs is 1. The van der Waals surface area contributed by atoms with E-state index in [-0.39, 0.29) is 11.9 Å². The van der Waals surface area contributed by atoms with Crippen molar-refractivity contribution in [1.82, 2.24) is 10.6 Å². The van der Waals surface area contributed by atoms with Gasteiger partial charge in [-0.1, -0.05) is 6.92 Å². The van der Waals surface area contributed by atoms with Gasteiger partial charge in [0.25, 0.3) is 0 Å². The average Bonchev–Trinajstić information content (AvgIpc) is 2.88. The van der Waals surface area contributed by atoms with Gasteiger partial charge in [0.15, 0.2) is 0 Å². The van der Waals surface area contributed by atoms with E-state index in [1.165, 1.54) is 5.56 Å². The molecule has 0 aromatic heterocycles. The monoisotopic (exact) mass is 292 g/mol. The molecule has 0 bridgehead atoms. The fourth-order valence-corrected chi connectivity index (χ4v) is 2.31. The lowest BCUT2D eigenvalue weighted by Gasteiger charge is -2.11. The Morgan fingerprint density at radius 3 is 3.05 bits per heavy atom. The summed E-state index contributed by atoms with van der Waals surface area (Å²) in [6, 6.07) is 6.15. The van der Waals surface area contributed by atoms with E-state index in [9.17, 15) is 4.79 Å². The van der Waals surface area contributed by atoms with Crippen LogP contribution in [0.25, 0.3) is 0 Å². The molecule has 21 heavy (non-hydrogen) atoms. The summed E-state index contributed by atoms with van der Waals surface area (Å²) in [6.07, 6.45) is 1.47. The Labute approximate surface area is 126 Å². The van der Waals surface area contributed by atoms with E-state index in [2.05, 4.69) is 17.6 Å². The van der Waals surface area contributed by atoms with E-state index in [1.807, 2.05) is 25.1 Å². The Hall–Kier alpha value is -1.75. The van der Waals surface area contributed by atoms with Crippen molar-refractivity contribution in [3.05, 3.63) is 23.8 Å². The molecule has 5 nitrogen and oxygen atoms in total. The minimum absolute atomic E-state index is 0.0127. The van der Waals surface area contributed by atoms with E-state index in [4.69, 9.17) is 9.47 Å². The summed E-state index contributed by atoms with van der Waals surface area (Å²) in [7, 11) is 0. The Morgan fingerprint density at radius 2 is 2.29 bits per heavy atom. The number of nitrogens with one attached hydrogen (secondary N) is 2. The van der Waals surface area contributed by atoms with E-state index in [1.54, 1.807) is 0 Å². The smallest absolute Gasteiger partial charge is 0.223 e. The number of benzene rings is 1. The molecule has 1 aromatic carbocycles. The zero-order valence-corrected chi connectivity index (χ0v) is 12.8. The van der Waals surface area contributed by atoms with Gasteiger partial charge in [-0.2, -0.15) is 0 Å². The van der Waals surface area contributed by atoms with E-state index in [0.717, 1.165) is 24.5 Å². The van der Waals surface area contributed by atoms with Crippen molar-refractivity contribution in [3.63, 3.8) is 0 Å². The molecule has 0 saturated heterocycles. The minimum atomic E-state index is 0.0127. The lowest BCUT2D eigenvalue weighted by Crippen LogP contribution is -2.24. The third-order valence-corrected chi connectivity index (χ3v) is 3.38. The molecule has 0 saturated carbocycles. The first-order chi connectivity index (χ1) is 10.2. The van der Waals surface area contributed by atoms with Gasteiger partial charge in [0, 0.05) is 18.2 Å². The standard InChI is InChI=1S/C16H24N2O3/c1-3-8-18-14-11-21-15-10-12(5-6-13(14)15)20-9-7-16(19)17-4-2/h5-6,10,14,18H,3-4,7-9,11H2,1-2H3,(H,17,19). The molecule has 0 fully saturated rings. The number of carbonyl (C=O) groups excluding carboxylic acids is 1. The highest BCUT2D eigenvalue weighted by molar-refractivity contribution is 5.75. The molecule has 116 valence electrons. The molecule has 1 heterocycles. The molecule has 0 aliphatic carbocycles. The zero-order valence-electron chi connectivity index (χ0n) is 12.8. The number of hydrogen-bond acceptors (Lipinski definition) is 4. The summed E-state index contributed by atoms with van der Waals surface area (Å²) in [6.45, 7) is 6.73.